The van der Waals surface area contributed by atoms with E-state index in [0.29, 0.717) is 5.75 Å². The Labute approximate surface area is 197 Å². The SMILES string of the molecule is CCCCCCCCCCCCCCCc1cccc(OP(=O)(ON(C)C)ON(C)C)c1. The third-order valence-electron chi connectivity index (χ3n) is 5.21. The molecule has 0 aliphatic carbocycles. The summed E-state index contributed by atoms with van der Waals surface area (Å²) in [5.41, 5.74) is 1.17. The lowest BCUT2D eigenvalue weighted by Crippen LogP contribution is -2.19. The van der Waals surface area contributed by atoms with Gasteiger partial charge in [0, 0.05) is 28.2 Å². The highest BCUT2D eigenvalue weighted by atomic mass is 31.2. The van der Waals surface area contributed by atoms with Gasteiger partial charge in [-0.1, -0.05) is 96.1 Å². The van der Waals surface area contributed by atoms with Crippen LogP contribution in [0.25, 0.3) is 0 Å². The third kappa shape index (κ3) is 15.0. The molecule has 0 saturated carbocycles. The molecule has 32 heavy (non-hydrogen) atoms. The second kappa shape index (κ2) is 17.6. The summed E-state index contributed by atoms with van der Waals surface area (Å²) >= 11 is 0. The van der Waals surface area contributed by atoms with Crippen molar-refractivity contribution in [3.63, 3.8) is 0 Å². The van der Waals surface area contributed by atoms with Crippen molar-refractivity contribution in [2.45, 2.75) is 96.8 Å². The molecule has 0 aliphatic rings. The molecule has 0 N–H and O–H groups in total. The van der Waals surface area contributed by atoms with Crippen molar-refractivity contribution in [1.29, 1.82) is 0 Å². The Morgan fingerprint density at radius 1 is 0.719 bits per heavy atom. The second-order valence-electron chi connectivity index (χ2n) is 8.97. The van der Waals surface area contributed by atoms with Crippen LogP contribution >= 0.6 is 7.82 Å². The standard InChI is InChI=1S/C25H47N2O4P/c1-6-7-8-9-10-11-12-13-14-15-16-17-18-20-24-21-19-22-25(23-24)29-32(28,30-26(2)3)31-27(4)5/h19,21-23H,6-18,20H2,1-5H3. The summed E-state index contributed by atoms with van der Waals surface area (Å²) in [7, 11) is 2.77. The van der Waals surface area contributed by atoms with Crippen molar-refractivity contribution in [3.8, 4) is 5.75 Å². The zero-order valence-electron chi connectivity index (χ0n) is 21.2. The third-order valence-corrected chi connectivity index (χ3v) is 6.70. The molecule has 0 radical (unpaired) electrons. The van der Waals surface area contributed by atoms with E-state index >= 15 is 0 Å². The topological polar surface area (TPSA) is 51.2 Å². The van der Waals surface area contributed by atoms with Crippen LogP contribution in [0.1, 0.15) is 96.0 Å². The van der Waals surface area contributed by atoms with Gasteiger partial charge in [0.2, 0.25) is 0 Å². The molecule has 7 heteroatoms. The van der Waals surface area contributed by atoms with E-state index in [1.54, 1.807) is 34.3 Å². The predicted molar refractivity (Wildman–Crippen MR) is 134 cm³/mol. The van der Waals surface area contributed by atoms with Crippen molar-refractivity contribution < 1.29 is 18.3 Å². The van der Waals surface area contributed by atoms with Gasteiger partial charge in [-0.15, -0.1) is 0 Å². The van der Waals surface area contributed by atoms with Gasteiger partial charge in [0.05, 0.1) is 0 Å². The highest BCUT2D eigenvalue weighted by Crippen LogP contribution is 2.50. The number of phosphoric acid groups is 1. The fourth-order valence-electron chi connectivity index (χ4n) is 3.68. The van der Waals surface area contributed by atoms with Gasteiger partial charge in [-0.3, -0.25) is 0 Å². The molecule has 0 atom stereocenters. The number of rotatable bonds is 20. The number of aryl methyl sites for hydroxylation is 1. The summed E-state index contributed by atoms with van der Waals surface area (Å²) in [6.45, 7) is 2.27. The molecule has 0 aliphatic heterocycles. The van der Waals surface area contributed by atoms with Crippen LogP contribution in [0.4, 0.5) is 0 Å². The van der Waals surface area contributed by atoms with Crippen LogP contribution in [0, 0.1) is 0 Å². The minimum Gasteiger partial charge on any atom is -0.402 e. The highest BCUT2D eigenvalue weighted by Gasteiger charge is 2.32. The number of benzene rings is 1. The predicted octanol–water partition coefficient (Wildman–Crippen LogP) is 7.79. The Kier molecular flexibility index (Phi) is 16.0. The molecule has 1 rings (SSSR count). The second-order valence-corrected chi connectivity index (χ2v) is 10.4. The molecule has 0 amide bonds. The molecule has 0 fully saturated rings. The monoisotopic (exact) mass is 470 g/mol. The minimum absolute atomic E-state index is 0.490. The van der Waals surface area contributed by atoms with Crippen LogP contribution in [0.3, 0.4) is 0 Å². The van der Waals surface area contributed by atoms with Crippen molar-refractivity contribution in [3.05, 3.63) is 29.8 Å². The minimum atomic E-state index is -3.78. The van der Waals surface area contributed by atoms with Crippen LogP contribution in [0.5, 0.6) is 5.75 Å². The Morgan fingerprint density at radius 2 is 1.19 bits per heavy atom. The molecule has 1 aromatic carbocycles. The van der Waals surface area contributed by atoms with Crippen LogP contribution in [0.15, 0.2) is 24.3 Å². The first-order valence-electron chi connectivity index (χ1n) is 12.5. The quantitative estimate of drug-likeness (QED) is 0.110. The van der Waals surface area contributed by atoms with Crippen molar-refractivity contribution in [2.24, 2.45) is 0 Å². The lowest BCUT2D eigenvalue weighted by atomic mass is 10.0. The zero-order chi connectivity index (χ0) is 23.7. The van der Waals surface area contributed by atoms with Crippen LogP contribution in [0.2, 0.25) is 0 Å². The largest absolute Gasteiger partial charge is 0.564 e. The molecule has 0 saturated heterocycles. The summed E-state index contributed by atoms with van der Waals surface area (Å²) < 4.78 is 29.0. The Bertz CT molecular complexity index is 626. The van der Waals surface area contributed by atoms with Gasteiger partial charge in [0.1, 0.15) is 5.75 Å². The molecular formula is C25H47N2O4P. The molecule has 186 valence electrons. The van der Waals surface area contributed by atoms with E-state index in [0.717, 1.165) is 12.8 Å². The van der Waals surface area contributed by atoms with E-state index < -0.39 is 7.82 Å². The molecule has 6 nitrogen and oxygen atoms in total. The van der Waals surface area contributed by atoms with E-state index in [1.165, 1.54) is 92.7 Å². The lowest BCUT2D eigenvalue weighted by Gasteiger charge is -2.23. The Balaban J connectivity index is 2.23. The smallest absolute Gasteiger partial charge is 0.402 e. The normalized spacial score (nSPS) is 12.1. The van der Waals surface area contributed by atoms with Gasteiger partial charge in [-0.05, 0) is 30.5 Å². The van der Waals surface area contributed by atoms with E-state index in [4.69, 9.17) is 13.8 Å². The summed E-state index contributed by atoms with van der Waals surface area (Å²) in [6.07, 6.45) is 18.6. The van der Waals surface area contributed by atoms with Gasteiger partial charge < -0.3 is 4.52 Å². The number of unbranched alkanes of at least 4 members (excludes halogenated alkanes) is 12. The first-order chi connectivity index (χ1) is 15.3. The van der Waals surface area contributed by atoms with E-state index in [1.807, 2.05) is 12.1 Å². The lowest BCUT2D eigenvalue weighted by molar-refractivity contribution is -0.0956. The average Bonchev–Trinajstić information content (AvgIpc) is 2.70. The van der Waals surface area contributed by atoms with E-state index in [-0.39, 0.29) is 0 Å². The number of hydrogen-bond acceptors (Lipinski definition) is 6. The van der Waals surface area contributed by atoms with Gasteiger partial charge in [0.25, 0.3) is 0 Å². The molecule has 0 bridgehead atoms. The number of hydroxylamine groups is 4. The van der Waals surface area contributed by atoms with Gasteiger partial charge >= 0.3 is 7.82 Å². The van der Waals surface area contributed by atoms with Crippen molar-refractivity contribution in [1.82, 2.24) is 10.1 Å². The summed E-state index contributed by atoms with van der Waals surface area (Å²) in [5, 5.41) is 2.64. The fourth-order valence-corrected chi connectivity index (χ4v) is 4.95. The maximum Gasteiger partial charge on any atom is 0.564 e. The number of hydrogen-bond donors (Lipinski definition) is 0. The van der Waals surface area contributed by atoms with Crippen LogP contribution in [-0.2, 0) is 20.2 Å². The maximum absolute atomic E-state index is 12.9. The van der Waals surface area contributed by atoms with Crippen molar-refractivity contribution in [2.75, 3.05) is 28.2 Å². The zero-order valence-corrected chi connectivity index (χ0v) is 22.1. The first-order valence-corrected chi connectivity index (χ1v) is 13.9. The van der Waals surface area contributed by atoms with Gasteiger partial charge in [0.15, 0.2) is 0 Å². The van der Waals surface area contributed by atoms with Crippen molar-refractivity contribution >= 4 is 7.82 Å². The fraction of sp³-hybridized carbons (Fsp3) is 0.760. The summed E-state index contributed by atoms with van der Waals surface area (Å²) in [4.78, 5) is 0. The highest BCUT2D eigenvalue weighted by molar-refractivity contribution is 7.48. The molecular weight excluding hydrogens is 423 g/mol. The van der Waals surface area contributed by atoms with Gasteiger partial charge in [-0.2, -0.15) is 19.4 Å². The van der Waals surface area contributed by atoms with E-state index in [2.05, 4.69) is 13.0 Å². The molecule has 0 aromatic heterocycles. The molecule has 0 heterocycles. The molecule has 1 aromatic rings. The number of nitrogens with zero attached hydrogens (tertiary/aromatic N) is 2. The molecule has 0 unspecified atom stereocenters. The Morgan fingerprint density at radius 3 is 1.66 bits per heavy atom. The Hall–Kier alpha value is -0.910. The summed E-state index contributed by atoms with van der Waals surface area (Å²) in [6, 6.07) is 7.70. The van der Waals surface area contributed by atoms with Gasteiger partial charge in [-0.25, -0.2) is 4.57 Å². The molecule has 0 spiro atoms. The average molecular weight is 471 g/mol. The maximum atomic E-state index is 12.9. The summed E-state index contributed by atoms with van der Waals surface area (Å²) in [5.74, 6) is 0.490. The van der Waals surface area contributed by atoms with Crippen LogP contribution < -0.4 is 4.52 Å². The van der Waals surface area contributed by atoms with E-state index in [9.17, 15) is 4.57 Å². The first kappa shape index (κ1) is 29.1. The van der Waals surface area contributed by atoms with Crippen LogP contribution in [-0.4, -0.2) is 38.3 Å².